The lowest BCUT2D eigenvalue weighted by Gasteiger charge is -2.05. The van der Waals surface area contributed by atoms with Crippen molar-refractivity contribution in [1.82, 2.24) is 0 Å². The summed E-state index contributed by atoms with van der Waals surface area (Å²) >= 11 is 0. The third-order valence-electron chi connectivity index (χ3n) is 1.74. The molecule has 1 rings (SSSR count). The van der Waals surface area contributed by atoms with Crippen LogP contribution in [0.5, 0.6) is 0 Å². The van der Waals surface area contributed by atoms with Gasteiger partial charge in [0.05, 0.1) is 6.61 Å². The number of carbonyl (C=O) groups is 2. The van der Waals surface area contributed by atoms with Crippen molar-refractivity contribution in [1.29, 1.82) is 0 Å². The number of nitrogens with two attached hydrogens (primary N) is 1. The predicted octanol–water partition coefficient (Wildman–Crippen LogP) is 0.326. The predicted molar refractivity (Wildman–Crippen MR) is 57.0 cm³/mol. The lowest BCUT2D eigenvalue weighted by Crippen LogP contribution is -2.16. The van der Waals surface area contributed by atoms with E-state index in [1.165, 1.54) is 24.3 Å². The molecule has 0 aliphatic rings. The first-order valence-electron chi connectivity index (χ1n) is 4.58. The molecule has 2 amide bonds. The first kappa shape index (κ1) is 12.0. The van der Waals surface area contributed by atoms with Gasteiger partial charge in [0.25, 0.3) is 0 Å². The molecule has 0 atom stereocenters. The molecule has 6 heteroatoms. The Morgan fingerprint density at radius 2 is 1.94 bits per heavy atom. The molecule has 1 aromatic rings. The number of amides is 2. The third kappa shape index (κ3) is 3.58. The van der Waals surface area contributed by atoms with Crippen LogP contribution in [0.2, 0.25) is 0 Å². The van der Waals surface area contributed by atoms with E-state index in [-0.39, 0.29) is 13.2 Å². The molecule has 86 valence electrons. The summed E-state index contributed by atoms with van der Waals surface area (Å²) in [6.45, 7) is -0.292. The molecular formula is C10H12N2O4. The summed E-state index contributed by atoms with van der Waals surface area (Å²) in [5.74, 6) is -0.533. The zero-order chi connectivity index (χ0) is 12.0. The first-order chi connectivity index (χ1) is 7.63. The van der Waals surface area contributed by atoms with E-state index in [4.69, 9.17) is 10.8 Å². The Morgan fingerprint density at radius 3 is 2.44 bits per heavy atom. The van der Waals surface area contributed by atoms with Crippen LogP contribution in [0.15, 0.2) is 24.3 Å². The van der Waals surface area contributed by atoms with Gasteiger partial charge in [-0.3, -0.25) is 10.1 Å². The van der Waals surface area contributed by atoms with Crippen LogP contribution >= 0.6 is 0 Å². The maximum Gasteiger partial charge on any atom is 0.411 e. The van der Waals surface area contributed by atoms with Crippen molar-refractivity contribution < 1.29 is 19.4 Å². The van der Waals surface area contributed by atoms with Gasteiger partial charge in [0, 0.05) is 11.3 Å². The summed E-state index contributed by atoms with van der Waals surface area (Å²) in [6, 6.07) is 6.04. The number of rotatable bonds is 4. The number of primary amides is 1. The molecule has 0 unspecified atom stereocenters. The van der Waals surface area contributed by atoms with Gasteiger partial charge in [0.2, 0.25) is 5.91 Å². The van der Waals surface area contributed by atoms with Gasteiger partial charge in [-0.15, -0.1) is 0 Å². The molecule has 0 radical (unpaired) electrons. The molecule has 0 aliphatic carbocycles. The Hall–Kier alpha value is -2.08. The van der Waals surface area contributed by atoms with Crippen LogP contribution in [0.4, 0.5) is 10.5 Å². The minimum atomic E-state index is -0.666. The topological polar surface area (TPSA) is 102 Å². The zero-order valence-electron chi connectivity index (χ0n) is 8.47. The largest absolute Gasteiger partial charge is 0.447 e. The first-order valence-corrected chi connectivity index (χ1v) is 4.58. The van der Waals surface area contributed by atoms with Gasteiger partial charge in [-0.2, -0.15) is 0 Å². The number of aliphatic hydroxyl groups is 1. The van der Waals surface area contributed by atoms with E-state index in [0.29, 0.717) is 11.3 Å². The summed E-state index contributed by atoms with van der Waals surface area (Å²) in [4.78, 5) is 21.8. The summed E-state index contributed by atoms with van der Waals surface area (Å²) in [6.07, 6.45) is -0.666. The van der Waals surface area contributed by atoms with E-state index in [2.05, 4.69) is 10.1 Å². The Morgan fingerprint density at radius 1 is 1.31 bits per heavy atom. The summed E-state index contributed by atoms with van der Waals surface area (Å²) < 4.78 is 4.58. The highest BCUT2D eigenvalue weighted by Gasteiger charge is 2.03. The Kier molecular flexibility index (Phi) is 4.28. The van der Waals surface area contributed by atoms with Crippen LogP contribution < -0.4 is 11.1 Å². The highest BCUT2D eigenvalue weighted by atomic mass is 16.6. The SMILES string of the molecule is NC(=O)c1ccc(NC(=O)OCCO)cc1. The van der Waals surface area contributed by atoms with Crippen LogP contribution in [0.1, 0.15) is 10.4 Å². The lowest BCUT2D eigenvalue weighted by molar-refractivity contribution is 0.100. The van der Waals surface area contributed by atoms with Crippen LogP contribution in [-0.2, 0) is 4.74 Å². The highest BCUT2D eigenvalue weighted by molar-refractivity contribution is 5.93. The molecular weight excluding hydrogens is 212 g/mol. The molecule has 6 nitrogen and oxygen atoms in total. The highest BCUT2D eigenvalue weighted by Crippen LogP contribution is 2.09. The Labute approximate surface area is 92.0 Å². The van der Waals surface area contributed by atoms with Gasteiger partial charge in [0.1, 0.15) is 6.61 Å². The van der Waals surface area contributed by atoms with E-state index in [1.807, 2.05) is 0 Å². The third-order valence-corrected chi connectivity index (χ3v) is 1.74. The monoisotopic (exact) mass is 224 g/mol. The Bertz CT molecular complexity index is 375. The van der Waals surface area contributed by atoms with E-state index >= 15 is 0 Å². The van der Waals surface area contributed by atoms with E-state index < -0.39 is 12.0 Å². The van der Waals surface area contributed by atoms with Gasteiger partial charge in [-0.05, 0) is 24.3 Å². The van der Waals surface area contributed by atoms with E-state index in [1.54, 1.807) is 0 Å². The average molecular weight is 224 g/mol. The maximum absolute atomic E-state index is 11.1. The maximum atomic E-state index is 11.1. The fraction of sp³-hybridized carbons (Fsp3) is 0.200. The average Bonchev–Trinajstić information content (AvgIpc) is 2.27. The van der Waals surface area contributed by atoms with Crippen LogP contribution in [0.3, 0.4) is 0 Å². The van der Waals surface area contributed by atoms with Crippen molar-refractivity contribution in [3.63, 3.8) is 0 Å². The van der Waals surface area contributed by atoms with Crippen molar-refractivity contribution >= 4 is 17.7 Å². The summed E-state index contributed by atoms with van der Waals surface area (Å²) in [5, 5.41) is 10.8. The van der Waals surface area contributed by atoms with Gasteiger partial charge in [0.15, 0.2) is 0 Å². The number of carbonyl (C=O) groups excluding carboxylic acids is 2. The fourth-order valence-electron chi connectivity index (χ4n) is 1.01. The molecule has 1 aromatic carbocycles. The minimum absolute atomic E-state index is 0.0643. The van der Waals surface area contributed by atoms with Crippen LogP contribution in [-0.4, -0.2) is 30.3 Å². The van der Waals surface area contributed by atoms with Crippen molar-refractivity contribution in [3.8, 4) is 0 Å². The van der Waals surface area contributed by atoms with Gasteiger partial charge < -0.3 is 15.6 Å². The molecule has 0 aromatic heterocycles. The number of benzene rings is 1. The molecule has 0 fully saturated rings. The second-order valence-corrected chi connectivity index (χ2v) is 2.93. The molecule has 0 bridgehead atoms. The normalized spacial score (nSPS) is 9.56. The zero-order valence-corrected chi connectivity index (χ0v) is 8.47. The van der Waals surface area contributed by atoms with Gasteiger partial charge in [-0.1, -0.05) is 0 Å². The number of hydrogen-bond acceptors (Lipinski definition) is 4. The summed E-state index contributed by atoms with van der Waals surface area (Å²) in [5.41, 5.74) is 5.89. The lowest BCUT2D eigenvalue weighted by atomic mass is 10.2. The molecule has 0 saturated carbocycles. The van der Waals surface area contributed by atoms with Gasteiger partial charge >= 0.3 is 6.09 Å². The second kappa shape index (κ2) is 5.72. The van der Waals surface area contributed by atoms with Crippen molar-refractivity contribution in [3.05, 3.63) is 29.8 Å². The van der Waals surface area contributed by atoms with E-state index in [0.717, 1.165) is 0 Å². The van der Waals surface area contributed by atoms with Crippen molar-refractivity contribution in [2.75, 3.05) is 18.5 Å². The summed E-state index contributed by atoms with van der Waals surface area (Å²) in [7, 11) is 0. The number of anilines is 1. The molecule has 0 saturated heterocycles. The van der Waals surface area contributed by atoms with Gasteiger partial charge in [-0.25, -0.2) is 4.79 Å². The second-order valence-electron chi connectivity index (χ2n) is 2.93. The standard InChI is InChI=1S/C10H12N2O4/c11-9(14)7-1-3-8(4-2-7)12-10(15)16-6-5-13/h1-4,13H,5-6H2,(H2,11,14)(H,12,15). The molecule has 0 spiro atoms. The number of ether oxygens (including phenoxy) is 1. The number of aliphatic hydroxyl groups excluding tert-OH is 1. The molecule has 4 N–H and O–H groups in total. The smallest absolute Gasteiger partial charge is 0.411 e. The fourth-order valence-corrected chi connectivity index (χ4v) is 1.01. The van der Waals surface area contributed by atoms with E-state index in [9.17, 15) is 9.59 Å². The van der Waals surface area contributed by atoms with Crippen LogP contribution in [0.25, 0.3) is 0 Å². The molecule has 0 aliphatic heterocycles. The quantitative estimate of drug-likeness (QED) is 0.685. The minimum Gasteiger partial charge on any atom is -0.447 e. The molecule has 16 heavy (non-hydrogen) atoms. The Balaban J connectivity index is 2.55. The van der Waals surface area contributed by atoms with Crippen molar-refractivity contribution in [2.24, 2.45) is 5.73 Å². The van der Waals surface area contributed by atoms with Crippen LogP contribution in [0, 0.1) is 0 Å². The van der Waals surface area contributed by atoms with Crippen molar-refractivity contribution in [2.45, 2.75) is 0 Å². The number of hydrogen-bond donors (Lipinski definition) is 3. The number of nitrogens with one attached hydrogen (secondary N) is 1. The molecule has 0 heterocycles.